The van der Waals surface area contributed by atoms with Crippen molar-refractivity contribution < 1.29 is 14.3 Å². The van der Waals surface area contributed by atoms with Gasteiger partial charge in [-0.3, -0.25) is 9.59 Å². The van der Waals surface area contributed by atoms with E-state index in [1.807, 2.05) is 66.6 Å². The van der Waals surface area contributed by atoms with Crippen LogP contribution in [0.2, 0.25) is 0 Å². The monoisotopic (exact) mass is 462 g/mol. The minimum Gasteiger partial charge on any atom is -0.481 e. The van der Waals surface area contributed by atoms with E-state index in [2.05, 4.69) is 18.2 Å². The van der Waals surface area contributed by atoms with Crippen LogP contribution < -0.4 is 4.74 Å². The minimum absolute atomic E-state index is 0.0215. The van der Waals surface area contributed by atoms with Gasteiger partial charge in [0.25, 0.3) is 11.8 Å². The van der Waals surface area contributed by atoms with E-state index in [-0.39, 0.29) is 17.9 Å². The topological polar surface area (TPSA) is 49.9 Å². The van der Waals surface area contributed by atoms with Crippen LogP contribution in [0.5, 0.6) is 5.75 Å². The molecule has 6 heteroatoms. The van der Waals surface area contributed by atoms with Gasteiger partial charge in [-0.2, -0.15) is 0 Å². The van der Waals surface area contributed by atoms with Crippen molar-refractivity contribution in [2.45, 2.75) is 39.3 Å². The van der Waals surface area contributed by atoms with Crippen LogP contribution in [0.4, 0.5) is 0 Å². The van der Waals surface area contributed by atoms with Gasteiger partial charge < -0.3 is 14.5 Å². The number of rotatable bonds is 7. The Morgan fingerprint density at radius 1 is 1.09 bits per heavy atom. The first-order valence-corrected chi connectivity index (χ1v) is 12.4. The molecule has 0 bridgehead atoms. The summed E-state index contributed by atoms with van der Waals surface area (Å²) in [4.78, 5) is 30.6. The third kappa shape index (κ3) is 4.81. The lowest BCUT2D eigenvalue weighted by molar-refractivity contribution is -0.137. The number of likely N-dealkylation sites (N-methyl/N-ethyl adjacent to an activating group) is 1. The van der Waals surface area contributed by atoms with Crippen molar-refractivity contribution in [2.75, 3.05) is 19.6 Å². The molecule has 1 aliphatic heterocycles. The zero-order valence-electron chi connectivity index (χ0n) is 19.4. The first kappa shape index (κ1) is 23.1. The Morgan fingerprint density at radius 2 is 1.85 bits per heavy atom. The number of nitrogens with zero attached hydrogens (tertiary/aromatic N) is 2. The van der Waals surface area contributed by atoms with Crippen molar-refractivity contribution in [1.82, 2.24) is 9.80 Å². The van der Waals surface area contributed by atoms with Gasteiger partial charge in [0.05, 0.1) is 10.9 Å². The molecule has 2 unspecified atom stereocenters. The maximum Gasteiger partial charge on any atom is 0.264 e. The third-order valence-electron chi connectivity index (χ3n) is 6.19. The molecule has 1 aromatic heterocycles. The minimum atomic E-state index is -0.578. The molecular formula is C27H30N2O3S. The molecule has 0 saturated carbocycles. The quantitative estimate of drug-likeness (QED) is 0.487. The lowest BCUT2D eigenvalue weighted by Crippen LogP contribution is -2.41. The van der Waals surface area contributed by atoms with Gasteiger partial charge in [0.2, 0.25) is 0 Å². The standard InChI is InChI=1S/C27H30N2O3S/c1-4-28(5-2)26(30)19(3)32-22-14-13-20-15-16-29(27(31)24-12-9-17-33-24)25(23(20)18-22)21-10-7-6-8-11-21/h6-14,17-19,25H,4-5,15-16H2,1-3H3. The summed E-state index contributed by atoms with van der Waals surface area (Å²) in [5, 5.41) is 1.93. The molecule has 0 saturated heterocycles. The fraction of sp³-hybridized carbons (Fsp3) is 0.333. The number of thiophene rings is 1. The van der Waals surface area contributed by atoms with Crippen LogP contribution in [-0.2, 0) is 11.2 Å². The van der Waals surface area contributed by atoms with Crippen molar-refractivity contribution in [3.8, 4) is 5.75 Å². The lowest BCUT2D eigenvalue weighted by Gasteiger charge is -2.38. The summed E-state index contributed by atoms with van der Waals surface area (Å²) in [7, 11) is 0. The first-order valence-electron chi connectivity index (χ1n) is 11.5. The zero-order valence-corrected chi connectivity index (χ0v) is 20.2. The highest BCUT2D eigenvalue weighted by Crippen LogP contribution is 2.38. The van der Waals surface area contributed by atoms with E-state index in [0.29, 0.717) is 25.4 Å². The summed E-state index contributed by atoms with van der Waals surface area (Å²) in [6, 6.07) is 19.7. The summed E-state index contributed by atoms with van der Waals surface area (Å²) in [5.74, 6) is 0.667. The van der Waals surface area contributed by atoms with Crippen LogP contribution >= 0.6 is 11.3 Å². The molecule has 33 heavy (non-hydrogen) atoms. The highest BCUT2D eigenvalue weighted by molar-refractivity contribution is 7.12. The molecule has 0 spiro atoms. The van der Waals surface area contributed by atoms with Crippen molar-refractivity contribution in [2.24, 2.45) is 0 Å². The van der Waals surface area contributed by atoms with Crippen molar-refractivity contribution >= 4 is 23.2 Å². The van der Waals surface area contributed by atoms with Gasteiger partial charge in [-0.15, -0.1) is 11.3 Å². The second-order valence-corrected chi connectivity index (χ2v) is 9.12. The highest BCUT2D eigenvalue weighted by Gasteiger charge is 2.33. The van der Waals surface area contributed by atoms with E-state index in [0.717, 1.165) is 22.4 Å². The largest absolute Gasteiger partial charge is 0.481 e. The van der Waals surface area contributed by atoms with E-state index in [9.17, 15) is 9.59 Å². The Bertz CT molecular complexity index is 1090. The SMILES string of the molecule is CCN(CC)C(=O)C(C)Oc1ccc2c(c1)C(c1ccccc1)N(C(=O)c1cccs1)CC2. The molecule has 2 amide bonds. The molecule has 0 N–H and O–H groups in total. The van der Waals surface area contributed by atoms with Crippen LogP contribution in [0.25, 0.3) is 0 Å². The fourth-order valence-electron chi connectivity index (χ4n) is 4.47. The van der Waals surface area contributed by atoms with E-state index in [4.69, 9.17) is 4.74 Å². The predicted octanol–water partition coefficient (Wildman–Crippen LogP) is 5.17. The van der Waals surface area contributed by atoms with E-state index in [1.165, 1.54) is 16.9 Å². The molecule has 172 valence electrons. The summed E-state index contributed by atoms with van der Waals surface area (Å²) in [5.41, 5.74) is 3.32. The van der Waals surface area contributed by atoms with Crippen molar-refractivity contribution in [3.63, 3.8) is 0 Å². The Hall–Kier alpha value is -3.12. The van der Waals surface area contributed by atoms with Gasteiger partial charge in [0.1, 0.15) is 5.75 Å². The predicted molar refractivity (Wildman–Crippen MR) is 132 cm³/mol. The second kappa shape index (κ2) is 10.2. The van der Waals surface area contributed by atoms with Crippen LogP contribution in [0.3, 0.4) is 0 Å². The highest BCUT2D eigenvalue weighted by atomic mass is 32.1. The fourth-order valence-corrected chi connectivity index (χ4v) is 5.15. The molecule has 4 rings (SSSR count). The normalized spacial score (nSPS) is 16.1. The summed E-state index contributed by atoms with van der Waals surface area (Å²) in [6.07, 6.45) is 0.204. The number of amides is 2. The molecule has 3 aromatic rings. The molecule has 2 atom stereocenters. The maximum absolute atomic E-state index is 13.4. The van der Waals surface area contributed by atoms with Gasteiger partial charge >= 0.3 is 0 Å². The number of fused-ring (bicyclic) bond motifs is 1. The summed E-state index contributed by atoms with van der Waals surface area (Å²) < 4.78 is 6.09. The molecule has 2 aromatic carbocycles. The number of benzene rings is 2. The Kier molecular flexibility index (Phi) is 7.14. The number of hydrogen-bond donors (Lipinski definition) is 0. The number of ether oxygens (including phenoxy) is 1. The van der Waals surface area contributed by atoms with Gasteiger partial charge in [-0.25, -0.2) is 0 Å². The number of hydrogen-bond acceptors (Lipinski definition) is 4. The number of carbonyl (C=O) groups excluding carboxylic acids is 2. The molecule has 0 aliphatic carbocycles. The Balaban J connectivity index is 1.68. The average molecular weight is 463 g/mol. The average Bonchev–Trinajstić information content (AvgIpc) is 3.39. The third-order valence-corrected chi connectivity index (χ3v) is 7.05. The van der Waals surface area contributed by atoms with Crippen LogP contribution in [0, 0.1) is 0 Å². The molecule has 0 fully saturated rings. The maximum atomic E-state index is 13.4. The van der Waals surface area contributed by atoms with Gasteiger partial charge in [-0.1, -0.05) is 42.5 Å². The van der Waals surface area contributed by atoms with E-state index < -0.39 is 6.10 Å². The van der Waals surface area contributed by atoms with Crippen LogP contribution in [0.15, 0.2) is 66.0 Å². The first-order chi connectivity index (χ1) is 16.0. The zero-order chi connectivity index (χ0) is 23.4. The summed E-state index contributed by atoms with van der Waals surface area (Å²) in [6.45, 7) is 7.70. The molecular weight excluding hydrogens is 432 g/mol. The summed E-state index contributed by atoms with van der Waals surface area (Å²) >= 11 is 1.47. The van der Waals surface area contributed by atoms with E-state index >= 15 is 0 Å². The number of carbonyl (C=O) groups is 2. The molecule has 5 nitrogen and oxygen atoms in total. The molecule has 2 heterocycles. The van der Waals surface area contributed by atoms with Gasteiger partial charge in [-0.05, 0) is 67.5 Å². The Labute approximate surface area is 199 Å². The smallest absolute Gasteiger partial charge is 0.264 e. The molecule has 1 aliphatic rings. The van der Waals surface area contributed by atoms with Crippen LogP contribution in [-0.4, -0.2) is 47.4 Å². The lowest BCUT2D eigenvalue weighted by atomic mass is 9.87. The van der Waals surface area contributed by atoms with Crippen molar-refractivity contribution in [1.29, 1.82) is 0 Å². The van der Waals surface area contributed by atoms with Gasteiger partial charge in [0.15, 0.2) is 6.10 Å². The van der Waals surface area contributed by atoms with Crippen LogP contribution in [0.1, 0.15) is 53.2 Å². The second-order valence-electron chi connectivity index (χ2n) is 8.17. The molecule has 0 radical (unpaired) electrons. The van der Waals surface area contributed by atoms with Gasteiger partial charge in [0, 0.05) is 19.6 Å². The van der Waals surface area contributed by atoms with Crippen molar-refractivity contribution in [3.05, 3.63) is 87.6 Å². The van der Waals surface area contributed by atoms with E-state index in [1.54, 1.807) is 11.8 Å². The Morgan fingerprint density at radius 3 is 2.52 bits per heavy atom.